The van der Waals surface area contributed by atoms with E-state index in [4.69, 9.17) is 5.11 Å². The molecule has 4 nitrogen and oxygen atoms in total. The number of likely N-dealkylation sites (N-methyl/N-ethyl adjacent to an activating group) is 1. The molecule has 2 rings (SSSR count). The number of benzene rings is 1. The molecule has 21 heavy (non-hydrogen) atoms. The molecule has 114 valence electrons. The first-order valence-electron chi connectivity index (χ1n) is 7.37. The van der Waals surface area contributed by atoms with E-state index in [1.165, 1.54) is 11.8 Å². The predicted octanol–water partition coefficient (Wildman–Crippen LogP) is 2.62. The second kappa shape index (κ2) is 6.31. The van der Waals surface area contributed by atoms with Gasteiger partial charge in [-0.1, -0.05) is 6.07 Å². The van der Waals surface area contributed by atoms with Gasteiger partial charge in [0.05, 0.1) is 0 Å². The van der Waals surface area contributed by atoms with E-state index in [0.29, 0.717) is 12.1 Å². The van der Waals surface area contributed by atoms with Crippen LogP contribution in [0.3, 0.4) is 0 Å². The molecule has 0 bridgehead atoms. The number of hydrogen-bond acceptors (Lipinski definition) is 3. The highest BCUT2D eigenvalue weighted by Gasteiger charge is 2.26. The van der Waals surface area contributed by atoms with Crippen LogP contribution in [0.2, 0.25) is 0 Å². The first-order valence-corrected chi connectivity index (χ1v) is 7.37. The number of hydrogen-bond donors (Lipinski definition) is 1. The summed E-state index contributed by atoms with van der Waals surface area (Å²) in [6.07, 6.45) is 2.83. The fourth-order valence-corrected chi connectivity index (χ4v) is 2.82. The van der Waals surface area contributed by atoms with Crippen molar-refractivity contribution < 1.29 is 9.90 Å². The molecular formula is C17H24N2O2. The lowest BCUT2D eigenvalue weighted by Gasteiger charge is -2.43. The molecule has 0 aliphatic carbocycles. The van der Waals surface area contributed by atoms with Gasteiger partial charge in [-0.2, -0.15) is 0 Å². The van der Waals surface area contributed by atoms with Crippen LogP contribution in [-0.2, 0) is 4.79 Å². The highest BCUT2D eigenvalue weighted by Crippen LogP contribution is 2.24. The van der Waals surface area contributed by atoms with Crippen LogP contribution in [0.5, 0.6) is 0 Å². The lowest BCUT2D eigenvalue weighted by molar-refractivity contribution is -0.131. The van der Waals surface area contributed by atoms with Gasteiger partial charge < -0.3 is 10.0 Å². The van der Waals surface area contributed by atoms with Crippen LogP contribution < -0.4 is 4.90 Å². The molecule has 0 spiro atoms. The highest BCUT2D eigenvalue weighted by molar-refractivity contribution is 5.85. The van der Waals surface area contributed by atoms with Crippen LogP contribution in [0, 0.1) is 6.92 Å². The van der Waals surface area contributed by atoms with E-state index in [1.807, 2.05) is 13.0 Å². The van der Waals surface area contributed by atoms with Crippen molar-refractivity contribution in [1.29, 1.82) is 0 Å². The van der Waals surface area contributed by atoms with Gasteiger partial charge in [0.2, 0.25) is 0 Å². The monoisotopic (exact) mass is 288 g/mol. The summed E-state index contributed by atoms with van der Waals surface area (Å²) in [7, 11) is 2.18. The molecule has 1 aromatic rings. The van der Waals surface area contributed by atoms with E-state index in [2.05, 4.69) is 42.8 Å². The zero-order valence-corrected chi connectivity index (χ0v) is 13.2. The minimum atomic E-state index is -0.916. The summed E-state index contributed by atoms with van der Waals surface area (Å²) in [5.74, 6) is -0.916. The SMILES string of the molecule is Cc1cc(N2CC(C)N(C)C(C)C2)ccc1/C=C/C(=O)O. The van der Waals surface area contributed by atoms with E-state index in [1.54, 1.807) is 6.08 Å². The van der Waals surface area contributed by atoms with Crippen LogP contribution in [0.4, 0.5) is 5.69 Å². The number of rotatable bonds is 3. The van der Waals surface area contributed by atoms with E-state index in [9.17, 15) is 4.79 Å². The molecular weight excluding hydrogens is 264 g/mol. The van der Waals surface area contributed by atoms with Gasteiger partial charge in [0.15, 0.2) is 0 Å². The molecule has 1 saturated heterocycles. The Kier molecular flexibility index (Phi) is 4.68. The topological polar surface area (TPSA) is 43.8 Å². The number of aryl methyl sites for hydroxylation is 1. The highest BCUT2D eigenvalue weighted by atomic mass is 16.4. The zero-order valence-electron chi connectivity index (χ0n) is 13.2. The van der Waals surface area contributed by atoms with Gasteiger partial charge in [-0.3, -0.25) is 4.90 Å². The van der Waals surface area contributed by atoms with Gasteiger partial charge in [-0.15, -0.1) is 0 Å². The Labute approximate surface area is 126 Å². The molecule has 2 atom stereocenters. The molecule has 1 aromatic carbocycles. The lowest BCUT2D eigenvalue weighted by atomic mass is 10.0. The number of piperazine rings is 1. The van der Waals surface area contributed by atoms with Crippen LogP contribution in [-0.4, -0.2) is 48.2 Å². The summed E-state index contributed by atoms with van der Waals surface area (Å²) in [6, 6.07) is 7.28. The maximum absolute atomic E-state index is 10.6. The molecule has 0 radical (unpaired) electrons. The third-order valence-electron chi connectivity index (χ3n) is 4.38. The van der Waals surface area contributed by atoms with Gasteiger partial charge in [-0.25, -0.2) is 4.79 Å². The van der Waals surface area contributed by atoms with Crippen LogP contribution in [0.25, 0.3) is 6.08 Å². The van der Waals surface area contributed by atoms with E-state index >= 15 is 0 Å². The quantitative estimate of drug-likeness (QED) is 0.868. The van der Waals surface area contributed by atoms with Crippen molar-refractivity contribution in [3.05, 3.63) is 35.4 Å². The first kappa shape index (κ1) is 15.6. The molecule has 1 fully saturated rings. The molecule has 0 aromatic heterocycles. The largest absolute Gasteiger partial charge is 0.478 e. The van der Waals surface area contributed by atoms with Crippen molar-refractivity contribution in [2.45, 2.75) is 32.9 Å². The smallest absolute Gasteiger partial charge is 0.328 e. The summed E-state index contributed by atoms with van der Waals surface area (Å²) < 4.78 is 0. The standard InChI is InChI=1S/C17H24N2O2/c1-12-9-16(7-5-15(12)6-8-17(20)21)19-10-13(2)18(4)14(3)11-19/h5-9,13-14H,10-11H2,1-4H3,(H,20,21)/b8-6+. The van der Waals surface area contributed by atoms with E-state index < -0.39 is 5.97 Å². The number of nitrogens with zero attached hydrogens (tertiary/aromatic N) is 2. The molecule has 0 saturated carbocycles. The molecule has 1 aliphatic rings. The van der Waals surface area contributed by atoms with Crippen molar-refractivity contribution >= 4 is 17.7 Å². The fourth-order valence-electron chi connectivity index (χ4n) is 2.82. The molecule has 0 amide bonds. The Morgan fingerprint density at radius 1 is 1.29 bits per heavy atom. The third kappa shape index (κ3) is 3.64. The van der Waals surface area contributed by atoms with E-state index in [-0.39, 0.29) is 0 Å². The number of anilines is 1. The second-order valence-corrected chi connectivity index (χ2v) is 5.98. The van der Waals surface area contributed by atoms with Crippen molar-refractivity contribution in [2.75, 3.05) is 25.0 Å². The molecule has 2 unspecified atom stereocenters. The Bertz CT molecular complexity index is 542. The predicted molar refractivity (Wildman–Crippen MR) is 86.7 cm³/mol. The molecule has 1 heterocycles. The fraction of sp³-hybridized carbons (Fsp3) is 0.471. The van der Waals surface area contributed by atoms with Crippen molar-refractivity contribution in [3.8, 4) is 0 Å². The minimum Gasteiger partial charge on any atom is -0.478 e. The molecule has 1 N–H and O–H groups in total. The van der Waals surface area contributed by atoms with Crippen molar-refractivity contribution in [1.82, 2.24) is 4.90 Å². The van der Waals surface area contributed by atoms with Gasteiger partial charge in [0.25, 0.3) is 0 Å². The van der Waals surface area contributed by atoms with Crippen LogP contribution >= 0.6 is 0 Å². The Hall–Kier alpha value is -1.81. The average molecular weight is 288 g/mol. The zero-order chi connectivity index (χ0) is 15.6. The number of carboxylic acids is 1. The van der Waals surface area contributed by atoms with Gasteiger partial charge in [0, 0.05) is 36.9 Å². The maximum Gasteiger partial charge on any atom is 0.328 e. The van der Waals surface area contributed by atoms with Crippen LogP contribution in [0.1, 0.15) is 25.0 Å². The lowest BCUT2D eigenvalue weighted by Crippen LogP contribution is -2.55. The molecule has 4 heteroatoms. The maximum atomic E-state index is 10.6. The molecule has 1 aliphatic heterocycles. The van der Waals surface area contributed by atoms with Crippen molar-refractivity contribution in [3.63, 3.8) is 0 Å². The van der Waals surface area contributed by atoms with Gasteiger partial charge >= 0.3 is 5.97 Å². The van der Waals surface area contributed by atoms with E-state index in [0.717, 1.165) is 24.2 Å². The summed E-state index contributed by atoms with van der Waals surface area (Å²) in [4.78, 5) is 15.4. The number of carbonyl (C=O) groups is 1. The number of carboxylic acid groups (broad SMARTS) is 1. The Morgan fingerprint density at radius 3 is 2.43 bits per heavy atom. The van der Waals surface area contributed by atoms with Crippen LogP contribution in [0.15, 0.2) is 24.3 Å². The Morgan fingerprint density at radius 2 is 1.90 bits per heavy atom. The second-order valence-electron chi connectivity index (χ2n) is 5.98. The average Bonchev–Trinajstić information content (AvgIpc) is 2.42. The first-order chi connectivity index (χ1) is 9.88. The third-order valence-corrected chi connectivity index (χ3v) is 4.38. The summed E-state index contributed by atoms with van der Waals surface area (Å²) in [5.41, 5.74) is 3.27. The summed E-state index contributed by atoms with van der Waals surface area (Å²) in [5, 5.41) is 8.71. The number of aliphatic carboxylic acids is 1. The normalized spacial score (nSPS) is 23.7. The van der Waals surface area contributed by atoms with Crippen molar-refractivity contribution in [2.24, 2.45) is 0 Å². The summed E-state index contributed by atoms with van der Waals surface area (Å²) in [6.45, 7) is 8.56. The van der Waals surface area contributed by atoms with Gasteiger partial charge in [0.1, 0.15) is 0 Å². The van der Waals surface area contributed by atoms with Gasteiger partial charge in [-0.05, 0) is 57.2 Å². The summed E-state index contributed by atoms with van der Waals surface area (Å²) >= 11 is 0. The minimum absolute atomic E-state index is 0.528. The Balaban J connectivity index is 2.18.